The minimum absolute atomic E-state index is 0.625. The van der Waals surface area contributed by atoms with Crippen LogP contribution in [0.4, 0.5) is 5.69 Å². The van der Waals surface area contributed by atoms with Crippen LogP contribution in [0.2, 0.25) is 0 Å². The zero-order valence-corrected chi connectivity index (χ0v) is 16.7. The topological polar surface area (TPSA) is 129 Å². The van der Waals surface area contributed by atoms with Crippen LogP contribution >= 0.6 is 0 Å². The lowest BCUT2D eigenvalue weighted by atomic mass is 10.2. The third-order valence-electron chi connectivity index (χ3n) is 4.96. The quantitative estimate of drug-likeness (QED) is 0.356. The van der Waals surface area contributed by atoms with E-state index >= 15 is 0 Å². The Hall–Kier alpha value is -3.44. The number of rotatable bonds is 5. The summed E-state index contributed by atoms with van der Waals surface area (Å²) in [7, 11) is -2.69. The van der Waals surface area contributed by atoms with Gasteiger partial charge in [-0.05, 0) is 35.9 Å². The van der Waals surface area contributed by atoms with E-state index in [1.807, 2.05) is 12.1 Å². The van der Waals surface area contributed by atoms with Gasteiger partial charge in [-0.1, -0.05) is 0 Å². The number of aromatic amines is 2. The van der Waals surface area contributed by atoms with E-state index < -0.39 is 10.9 Å². The number of pyridine rings is 1. The number of hydrogen-bond acceptors (Lipinski definition) is 7. The van der Waals surface area contributed by atoms with E-state index in [1.54, 1.807) is 12.3 Å². The molecule has 10 nitrogen and oxygen atoms in total. The van der Waals surface area contributed by atoms with Crippen molar-refractivity contribution in [3.8, 4) is 11.5 Å². The van der Waals surface area contributed by atoms with Crippen LogP contribution in [-0.4, -0.2) is 59.9 Å². The van der Waals surface area contributed by atoms with Crippen LogP contribution in [0.1, 0.15) is 5.56 Å². The zero-order chi connectivity index (χ0) is 20.5. The number of H-pyrrole nitrogens is 2. The second-order valence-electron chi connectivity index (χ2n) is 6.84. The molecule has 154 valence electrons. The predicted molar refractivity (Wildman–Crippen MR) is 114 cm³/mol. The van der Waals surface area contributed by atoms with Crippen molar-refractivity contribution in [2.45, 2.75) is 0 Å². The molecule has 1 aromatic carbocycles. The van der Waals surface area contributed by atoms with Crippen molar-refractivity contribution in [1.82, 2.24) is 29.9 Å². The molecule has 3 aromatic heterocycles. The van der Waals surface area contributed by atoms with Crippen molar-refractivity contribution < 1.29 is 13.2 Å². The summed E-state index contributed by atoms with van der Waals surface area (Å²) < 4.78 is 28.9. The maximum Gasteiger partial charge on any atom is 0.222 e. The molecule has 0 atom stereocenters. The van der Waals surface area contributed by atoms with Gasteiger partial charge in [0.1, 0.15) is 5.69 Å². The van der Waals surface area contributed by atoms with Gasteiger partial charge in [-0.2, -0.15) is 5.10 Å². The molecule has 0 amide bonds. The number of hydrogen-bond donors (Lipinski definition) is 4. The maximum absolute atomic E-state index is 10.6. The van der Waals surface area contributed by atoms with Gasteiger partial charge < -0.3 is 14.6 Å². The van der Waals surface area contributed by atoms with Crippen LogP contribution in [0.25, 0.3) is 39.7 Å². The highest BCUT2D eigenvalue weighted by Gasteiger charge is 2.16. The van der Waals surface area contributed by atoms with Gasteiger partial charge >= 0.3 is 0 Å². The highest BCUT2D eigenvalue weighted by Crippen LogP contribution is 2.28. The molecule has 11 heteroatoms. The maximum atomic E-state index is 10.6. The van der Waals surface area contributed by atoms with E-state index in [0.29, 0.717) is 17.2 Å². The molecule has 4 heterocycles. The number of nitrogens with zero attached hydrogens (tertiary/aromatic N) is 4. The Morgan fingerprint density at radius 3 is 2.90 bits per heavy atom. The van der Waals surface area contributed by atoms with E-state index in [4.69, 9.17) is 4.74 Å². The van der Waals surface area contributed by atoms with Crippen molar-refractivity contribution in [1.29, 1.82) is 0 Å². The van der Waals surface area contributed by atoms with Gasteiger partial charge in [0.2, 0.25) is 10.9 Å². The zero-order valence-electron chi connectivity index (χ0n) is 15.8. The van der Waals surface area contributed by atoms with E-state index in [-0.39, 0.29) is 0 Å². The lowest BCUT2D eigenvalue weighted by Crippen LogP contribution is -2.36. The fourth-order valence-corrected chi connectivity index (χ4v) is 3.71. The summed E-state index contributed by atoms with van der Waals surface area (Å²) in [6, 6.07) is 8.04. The van der Waals surface area contributed by atoms with E-state index in [1.165, 1.54) is 6.20 Å². The number of aromatic nitrogens is 5. The molecule has 1 aliphatic heterocycles. The molecule has 3 N–H and O–H groups in total. The molecular weight excluding hydrogens is 406 g/mol. The Morgan fingerprint density at radius 2 is 2.07 bits per heavy atom. The molecular formula is C19H19N7O3S. The monoisotopic (exact) mass is 425 g/mol. The average Bonchev–Trinajstić information content (AvgIpc) is 3.37. The second-order valence-corrected chi connectivity index (χ2v) is 7.62. The second kappa shape index (κ2) is 7.76. The number of benzene rings is 1. The van der Waals surface area contributed by atoms with Gasteiger partial charge in [0.05, 0.1) is 29.6 Å². The Balaban J connectivity index is 1.50. The number of anilines is 1. The van der Waals surface area contributed by atoms with Crippen molar-refractivity contribution in [3.63, 3.8) is 0 Å². The van der Waals surface area contributed by atoms with Gasteiger partial charge in [-0.15, -0.1) is 0 Å². The van der Waals surface area contributed by atoms with Crippen LogP contribution in [0.15, 0.2) is 36.7 Å². The highest BCUT2D eigenvalue weighted by molar-refractivity contribution is 7.70. The predicted octanol–water partition coefficient (Wildman–Crippen LogP) is 1.42. The van der Waals surface area contributed by atoms with Gasteiger partial charge in [0.15, 0.2) is 11.5 Å². The number of nitrogens with one attached hydrogen (secondary N) is 3. The fourth-order valence-electron chi connectivity index (χ4n) is 3.51. The Labute approximate surface area is 173 Å². The van der Waals surface area contributed by atoms with Crippen LogP contribution < -0.4 is 9.62 Å². The fraction of sp³-hybridized carbons (Fsp3) is 0.211. The first kappa shape index (κ1) is 18.6. The first-order valence-corrected chi connectivity index (χ1v) is 10.6. The minimum atomic E-state index is -2.69. The molecule has 0 spiro atoms. The smallest absolute Gasteiger partial charge is 0.222 e. The normalized spacial score (nSPS) is 15.0. The number of fused-ring (bicyclic) bond motifs is 2. The summed E-state index contributed by atoms with van der Waals surface area (Å²) in [6.07, 6.45) is 4.61. The van der Waals surface area contributed by atoms with E-state index in [9.17, 15) is 8.42 Å². The molecule has 1 fully saturated rings. The summed E-state index contributed by atoms with van der Waals surface area (Å²) in [6.45, 7) is 3.20. The Morgan fingerprint density at radius 1 is 1.20 bits per heavy atom. The molecule has 0 bridgehead atoms. The van der Waals surface area contributed by atoms with Crippen molar-refractivity contribution in [2.75, 3.05) is 31.2 Å². The number of thiol groups is 1. The van der Waals surface area contributed by atoms with Crippen molar-refractivity contribution in [3.05, 3.63) is 42.2 Å². The number of imidazole rings is 1. The molecule has 1 aliphatic rings. The molecule has 5 rings (SSSR count). The van der Waals surface area contributed by atoms with Gasteiger partial charge in [0, 0.05) is 31.2 Å². The van der Waals surface area contributed by atoms with Crippen LogP contribution in [-0.2, 0) is 15.6 Å². The van der Waals surface area contributed by atoms with Gasteiger partial charge in [-0.25, -0.2) is 18.4 Å². The van der Waals surface area contributed by atoms with E-state index in [0.717, 1.165) is 54.0 Å². The summed E-state index contributed by atoms with van der Waals surface area (Å²) in [5.74, 6) is 0.638. The molecule has 0 aliphatic carbocycles. The Bertz CT molecular complexity index is 1310. The summed E-state index contributed by atoms with van der Waals surface area (Å²) in [5.41, 5.74) is 4.92. The summed E-state index contributed by atoms with van der Waals surface area (Å²) in [4.78, 5) is 14.7. The average molecular weight is 425 g/mol. The molecule has 0 radical (unpaired) electrons. The van der Waals surface area contributed by atoms with Crippen molar-refractivity contribution >= 4 is 44.7 Å². The van der Waals surface area contributed by atoms with Gasteiger partial charge in [-0.3, -0.25) is 9.82 Å². The lowest BCUT2D eigenvalue weighted by Gasteiger charge is -2.28. The highest BCUT2D eigenvalue weighted by atomic mass is 32.2. The minimum Gasteiger partial charge on any atom is -0.378 e. The molecule has 4 aromatic rings. The molecule has 30 heavy (non-hydrogen) atoms. The van der Waals surface area contributed by atoms with Crippen molar-refractivity contribution in [2.24, 2.45) is 0 Å². The van der Waals surface area contributed by atoms with E-state index in [2.05, 4.69) is 46.9 Å². The molecule has 0 unspecified atom stereocenters. The third-order valence-corrected chi connectivity index (χ3v) is 5.32. The van der Waals surface area contributed by atoms with Crippen LogP contribution in [0.5, 0.6) is 0 Å². The number of morpholine rings is 1. The van der Waals surface area contributed by atoms with Crippen LogP contribution in [0, 0.1) is 0 Å². The van der Waals surface area contributed by atoms with Gasteiger partial charge in [0.25, 0.3) is 0 Å². The number of ether oxygens (including phenoxy) is 1. The molecule has 1 saturated heterocycles. The first-order chi connectivity index (χ1) is 14.7. The first-order valence-electron chi connectivity index (χ1n) is 9.41. The molecule has 0 saturated carbocycles. The van der Waals surface area contributed by atoms with Crippen LogP contribution in [0.3, 0.4) is 0 Å². The lowest BCUT2D eigenvalue weighted by molar-refractivity contribution is 0.122. The summed E-state index contributed by atoms with van der Waals surface area (Å²) in [5, 5.41) is 8.08. The third kappa shape index (κ3) is 3.60. The standard InChI is InChI=1S/C19H19N7O3S/c27-30(28)21-4-3-12-9-14-17(24-25-18(14)20-11-12)19-22-15-2-1-13(10-16(15)23-19)26-5-7-29-8-6-26/h1-4,9-11,30H,5-8H2,(H,22,23)(H,20,24,25)(H,21,27,28). The largest absolute Gasteiger partial charge is 0.378 e. The summed E-state index contributed by atoms with van der Waals surface area (Å²) >= 11 is 0. The Kier molecular flexibility index (Phi) is 4.81. The SMILES string of the molecule is O=[SH](=O)NC=Cc1cnc2[nH]nc(-c3nc4ccc(N5CCOCC5)cc4[nH]3)c2c1.